The number of nitro benzene ring substituents is 1. The third-order valence-electron chi connectivity index (χ3n) is 2.72. The zero-order chi connectivity index (χ0) is 12.1. The molecule has 0 saturated heterocycles. The number of hydrogen-bond donors (Lipinski definition) is 0. The smallest absolute Gasteiger partial charge is 0.280 e. The molecule has 4 heteroatoms. The van der Waals surface area contributed by atoms with E-state index >= 15 is 0 Å². The number of ketones is 1. The normalized spacial score (nSPS) is 10.4. The standard InChI is InChI=1S/C12H15NO3/c1-3-9(4-2)12(14)10-7-5-6-8-11(10)13(15)16/h5-9H,3-4H2,1-2H3. The molecule has 0 bridgehead atoms. The van der Waals surface area contributed by atoms with Gasteiger partial charge in [-0.3, -0.25) is 14.9 Å². The maximum atomic E-state index is 12.0. The maximum Gasteiger partial charge on any atom is 0.280 e. The van der Waals surface area contributed by atoms with E-state index in [9.17, 15) is 14.9 Å². The highest BCUT2D eigenvalue weighted by atomic mass is 16.6. The molecule has 1 aromatic rings. The number of benzene rings is 1. The molecule has 0 saturated carbocycles. The molecule has 1 rings (SSSR count). The highest BCUT2D eigenvalue weighted by Gasteiger charge is 2.23. The van der Waals surface area contributed by atoms with Crippen LogP contribution in [0.25, 0.3) is 0 Å². The van der Waals surface area contributed by atoms with Gasteiger partial charge in [0.25, 0.3) is 5.69 Å². The topological polar surface area (TPSA) is 60.2 Å². The third-order valence-corrected chi connectivity index (χ3v) is 2.72. The van der Waals surface area contributed by atoms with E-state index in [0.717, 1.165) is 0 Å². The van der Waals surface area contributed by atoms with Crippen LogP contribution in [0.15, 0.2) is 24.3 Å². The highest BCUT2D eigenvalue weighted by Crippen LogP contribution is 2.23. The van der Waals surface area contributed by atoms with Gasteiger partial charge in [-0.15, -0.1) is 0 Å². The Kier molecular flexibility index (Phi) is 4.17. The molecule has 0 fully saturated rings. The molecule has 0 N–H and O–H groups in total. The molecule has 1 aromatic carbocycles. The van der Waals surface area contributed by atoms with Crippen LogP contribution in [0.3, 0.4) is 0 Å². The lowest BCUT2D eigenvalue weighted by Crippen LogP contribution is -2.14. The van der Waals surface area contributed by atoms with Gasteiger partial charge >= 0.3 is 0 Å². The largest absolute Gasteiger partial charge is 0.294 e. The first-order chi connectivity index (χ1) is 7.61. The lowest BCUT2D eigenvalue weighted by atomic mass is 9.92. The monoisotopic (exact) mass is 221 g/mol. The van der Waals surface area contributed by atoms with Gasteiger partial charge in [0.05, 0.1) is 10.5 Å². The van der Waals surface area contributed by atoms with Crippen LogP contribution in [0, 0.1) is 16.0 Å². The van der Waals surface area contributed by atoms with Gasteiger partial charge < -0.3 is 0 Å². The Hall–Kier alpha value is -1.71. The summed E-state index contributed by atoms with van der Waals surface area (Å²) in [6, 6.07) is 6.12. The third kappa shape index (κ3) is 2.45. The van der Waals surface area contributed by atoms with Gasteiger partial charge in [-0.05, 0) is 18.9 Å². The van der Waals surface area contributed by atoms with Crippen LogP contribution in [-0.2, 0) is 0 Å². The van der Waals surface area contributed by atoms with Crippen LogP contribution in [0.1, 0.15) is 37.0 Å². The average Bonchev–Trinajstić information content (AvgIpc) is 2.30. The zero-order valence-corrected chi connectivity index (χ0v) is 9.47. The minimum absolute atomic E-state index is 0.0978. The summed E-state index contributed by atoms with van der Waals surface area (Å²) in [5.74, 6) is -0.251. The first-order valence-corrected chi connectivity index (χ1v) is 5.39. The van der Waals surface area contributed by atoms with E-state index in [2.05, 4.69) is 0 Å². The molecule has 16 heavy (non-hydrogen) atoms. The molecule has 0 spiro atoms. The molecule has 0 radical (unpaired) electrons. The number of nitrogens with zero attached hydrogens (tertiary/aromatic N) is 1. The summed E-state index contributed by atoms with van der Waals surface area (Å²) in [4.78, 5) is 22.3. The van der Waals surface area contributed by atoms with Crippen molar-refractivity contribution >= 4 is 11.5 Å². The van der Waals surface area contributed by atoms with E-state index in [-0.39, 0.29) is 23.0 Å². The quantitative estimate of drug-likeness (QED) is 0.435. The molecular weight excluding hydrogens is 206 g/mol. The van der Waals surface area contributed by atoms with Gasteiger partial charge in [-0.1, -0.05) is 26.0 Å². The number of carbonyl (C=O) groups excluding carboxylic acids is 1. The van der Waals surface area contributed by atoms with Crippen molar-refractivity contribution < 1.29 is 9.72 Å². The van der Waals surface area contributed by atoms with Crippen LogP contribution in [0.2, 0.25) is 0 Å². The van der Waals surface area contributed by atoms with Crippen molar-refractivity contribution in [2.24, 2.45) is 5.92 Å². The molecule has 0 heterocycles. The average molecular weight is 221 g/mol. The maximum absolute atomic E-state index is 12.0. The van der Waals surface area contributed by atoms with E-state index in [4.69, 9.17) is 0 Å². The second kappa shape index (κ2) is 5.39. The van der Waals surface area contributed by atoms with Gasteiger partial charge in [-0.2, -0.15) is 0 Å². The Morgan fingerprint density at radius 2 is 1.88 bits per heavy atom. The summed E-state index contributed by atoms with van der Waals surface area (Å²) in [6.45, 7) is 3.84. The summed E-state index contributed by atoms with van der Waals surface area (Å²) in [7, 11) is 0. The van der Waals surface area contributed by atoms with Crippen molar-refractivity contribution in [3.63, 3.8) is 0 Å². The first kappa shape index (κ1) is 12.4. The van der Waals surface area contributed by atoms with Gasteiger partial charge in [0.1, 0.15) is 0 Å². The zero-order valence-electron chi connectivity index (χ0n) is 9.47. The Bertz CT molecular complexity index is 397. The fourth-order valence-electron chi connectivity index (χ4n) is 1.72. The summed E-state index contributed by atoms with van der Waals surface area (Å²) < 4.78 is 0. The highest BCUT2D eigenvalue weighted by molar-refractivity contribution is 6.01. The number of nitro groups is 1. The molecule has 4 nitrogen and oxygen atoms in total. The molecule has 0 aliphatic rings. The summed E-state index contributed by atoms with van der Waals surface area (Å²) in [6.07, 6.45) is 1.42. The SMILES string of the molecule is CCC(CC)C(=O)c1ccccc1[N+](=O)[O-]. The summed E-state index contributed by atoms with van der Waals surface area (Å²) in [5, 5.41) is 10.8. The summed E-state index contributed by atoms with van der Waals surface area (Å²) in [5.41, 5.74) is 0.126. The Morgan fingerprint density at radius 1 is 1.31 bits per heavy atom. The number of rotatable bonds is 5. The Morgan fingerprint density at radius 3 is 2.38 bits per heavy atom. The van der Waals surface area contributed by atoms with Crippen molar-refractivity contribution in [3.05, 3.63) is 39.9 Å². The molecular formula is C12H15NO3. The van der Waals surface area contributed by atoms with Crippen LogP contribution in [0.4, 0.5) is 5.69 Å². The minimum Gasteiger partial charge on any atom is -0.294 e. The fraction of sp³-hybridized carbons (Fsp3) is 0.417. The van der Waals surface area contributed by atoms with Crippen molar-refractivity contribution in [2.75, 3.05) is 0 Å². The molecule has 0 unspecified atom stereocenters. The molecule has 0 aliphatic heterocycles. The van der Waals surface area contributed by atoms with Crippen molar-refractivity contribution in [3.8, 4) is 0 Å². The van der Waals surface area contributed by atoms with E-state index in [0.29, 0.717) is 12.8 Å². The van der Waals surface area contributed by atoms with E-state index < -0.39 is 4.92 Å². The summed E-state index contributed by atoms with van der Waals surface area (Å²) >= 11 is 0. The van der Waals surface area contributed by atoms with Crippen molar-refractivity contribution in [1.82, 2.24) is 0 Å². The number of carbonyl (C=O) groups is 1. The van der Waals surface area contributed by atoms with E-state index in [1.807, 2.05) is 13.8 Å². The Balaban J connectivity index is 3.12. The van der Waals surface area contributed by atoms with Crippen LogP contribution < -0.4 is 0 Å². The Labute approximate surface area is 94.4 Å². The molecule has 0 aromatic heterocycles. The predicted molar refractivity (Wildman–Crippen MR) is 61.5 cm³/mol. The lowest BCUT2D eigenvalue weighted by molar-refractivity contribution is -0.385. The van der Waals surface area contributed by atoms with E-state index in [1.54, 1.807) is 12.1 Å². The predicted octanol–water partition coefficient (Wildman–Crippen LogP) is 3.21. The second-order valence-electron chi connectivity index (χ2n) is 3.65. The lowest BCUT2D eigenvalue weighted by Gasteiger charge is -2.10. The number of hydrogen-bond acceptors (Lipinski definition) is 3. The number of para-hydroxylation sites is 1. The van der Waals surface area contributed by atoms with Crippen LogP contribution in [-0.4, -0.2) is 10.7 Å². The van der Waals surface area contributed by atoms with Crippen LogP contribution in [0.5, 0.6) is 0 Å². The van der Waals surface area contributed by atoms with Crippen molar-refractivity contribution in [1.29, 1.82) is 0 Å². The van der Waals surface area contributed by atoms with Gasteiger partial charge in [0.15, 0.2) is 5.78 Å². The molecule has 86 valence electrons. The van der Waals surface area contributed by atoms with Gasteiger partial charge in [-0.25, -0.2) is 0 Å². The molecule has 0 amide bonds. The fourth-order valence-corrected chi connectivity index (χ4v) is 1.72. The van der Waals surface area contributed by atoms with Crippen molar-refractivity contribution in [2.45, 2.75) is 26.7 Å². The second-order valence-corrected chi connectivity index (χ2v) is 3.65. The first-order valence-electron chi connectivity index (χ1n) is 5.39. The van der Waals surface area contributed by atoms with Gasteiger partial charge in [0.2, 0.25) is 0 Å². The number of Topliss-reactive ketones (excluding diaryl/α,β-unsaturated/α-hetero) is 1. The molecule has 0 atom stereocenters. The van der Waals surface area contributed by atoms with E-state index in [1.165, 1.54) is 12.1 Å². The minimum atomic E-state index is -0.504. The molecule has 0 aliphatic carbocycles. The van der Waals surface area contributed by atoms with Gasteiger partial charge in [0, 0.05) is 12.0 Å². The van der Waals surface area contributed by atoms with Crippen LogP contribution >= 0.6 is 0 Å².